The molecule has 0 saturated heterocycles. The van der Waals surface area contributed by atoms with Crippen molar-refractivity contribution < 1.29 is 41.4 Å². The van der Waals surface area contributed by atoms with E-state index in [1.54, 1.807) is 84.9 Å². The van der Waals surface area contributed by atoms with Gasteiger partial charge in [0.05, 0.1) is 38.6 Å². The molecular formula is C49H54N2O9S2. The Morgan fingerprint density at radius 2 is 1.08 bits per heavy atom. The first-order valence-corrected chi connectivity index (χ1v) is 23.9. The Morgan fingerprint density at radius 1 is 0.645 bits per heavy atom. The van der Waals surface area contributed by atoms with Crippen molar-refractivity contribution in [3.05, 3.63) is 160 Å². The fraction of sp³-hybridized carbons (Fsp3) is 0.327. The van der Waals surface area contributed by atoms with Crippen LogP contribution in [0.25, 0.3) is 0 Å². The van der Waals surface area contributed by atoms with Crippen LogP contribution in [0.1, 0.15) is 101 Å². The predicted molar refractivity (Wildman–Crippen MR) is 242 cm³/mol. The van der Waals surface area contributed by atoms with Gasteiger partial charge in [0.25, 0.3) is 10.0 Å². The number of carbonyl (C=O) groups is 3. The van der Waals surface area contributed by atoms with E-state index in [9.17, 15) is 41.4 Å². The van der Waals surface area contributed by atoms with E-state index in [0.717, 1.165) is 23.1 Å². The van der Waals surface area contributed by atoms with Gasteiger partial charge in [0.1, 0.15) is 5.78 Å². The summed E-state index contributed by atoms with van der Waals surface area (Å²) in [6.45, 7) is 8.17. The van der Waals surface area contributed by atoms with E-state index < -0.39 is 37.4 Å². The van der Waals surface area contributed by atoms with Gasteiger partial charge >= 0.3 is 11.9 Å². The highest BCUT2D eigenvalue weighted by atomic mass is 32.2. The van der Waals surface area contributed by atoms with E-state index in [2.05, 4.69) is 23.3 Å². The minimum Gasteiger partial charge on any atom is -0.478 e. The summed E-state index contributed by atoms with van der Waals surface area (Å²) in [5.41, 5.74) is 4.44. The number of aromatic carboxylic acids is 2. The lowest BCUT2D eigenvalue weighted by Gasteiger charge is -2.36. The number of para-hydroxylation sites is 2. The number of nitrogens with one attached hydrogen (secondary N) is 2. The van der Waals surface area contributed by atoms with Crippen LogP contribution in [0, 0.1) is 16.7 Å². The number of anilines is 2. The van der Waals surface area contributed by atoms with E-state index in [1.807, 2.05) is 50.2 Å². The van der Waals surface area contributed by atoms with E-state index in [1.165, 1.54) is 0 Å². The predicted octanol–water partition coefficient (Wildman–Crippen LogP) is 9.40. The Labute approximate surface area is 364 Å². The van der Waals surface area contributed by atoms with Crippen LogP contribution in [0.5, 0.6) is 0 Å². The highest BCUT2D eigenvalue weighted by Gasteiger charge is 2.65. The molecule has 2 unspecified atom stereocenters. The topological polar surface area (TPSA) is 184 Å². The zero-order valence-corrected chi connectivity index (χ0v) is 37.1. The van der Waals surface area contributed by atoms with Crippen molar-refractivity contribution in [1.29, 1.82) is 0 Å². The molecule has 13 heteroatoms. The Morgan fingerprint density at radius 3 is 1.52 bits per heavy atom. The monoisotopic (exact) mass is 878 g/mol. The SMILES string of the molecule is CC(C)c1ccc(S(=O)(=O)Nc2ccccc2CCc2ccccc2C(=O)O)cc1.CC1(C)C2CCC1(CS(=O)(=O)Nc1ccccc1CCc1ccccc1C(=O)O)C(=O)C2. The molecule has 0 radical (unpaired) electrons. The molecule has 2 saturated carbocycles. The fourth-order valence-corrected chi connectivity index (χ4v) is 12.0. The summed E-state index contributed by atoms with van der Waals surface area (Å²) in [6.07, 6.45) is 3.95. The molecule has 0 amide bonds. The van der Waals surface area contributed by atoms with Gasteiger partial charge in [-0.3, -0.25) is 14.2 Å². The van der Waals surface area contributed by atoms with E-state index in [-0.39, 0.29) is 38.9 Å². The number of sulfonamides is 2. The molecule has 0 heterocycles. The first-order chi connectivity index (χ1) is 29.3. The molecule has 326 valence electrons. The summed E-state index contributed by atoms with van der Waals surface area (Å²) in [5.74, 6) is -1.49. The number of carboxylic acids is 2. The van der Waals surface area contributed by atoms with Crippen molar-refractivity contribution in [2.24, 2.45) is 16.7 Å². The summed E-state index contributed by atoms with van der Waals surface area (Å²) >= 11 is 0. The first-order valence-electron chi connectivity index (χ1n) is 20.8. The average molecular weight is 879 g/mol. The molecule has 0 spiro atoms. The molecule has 0 aliphatic heterocycles. The number of fused-ring (bicyclic) bond motifs is 2. The molecule has 2 bridgehead atoms. The van der Waals surface area contributed by atoms with Crippen molar-refractivity contribution in [1.82, 2.24) is 0 Å². The van der Waals surface area contributed by atoms with Gasteiger partial charge < -0.3 is 10.2 Å². The van der Waals surface area contributed by atoms with Crippen LogP contribution in [0.15, 0.2) is 126 Å². The van der Waals surface area contributed by atoms with Crippen molar-refractivity contribution in [3.8, 4) is 0 Å². The van der Waals surface area contributed by atoms with Gasteiger partial charge in [0.15, 0.2) is 0 Å². The van der Waals surface area contributed by atoms with Crippen LogP contribution >= 0.6 is 0 Å². The van der Waals surface area contributed by atoms with E-state index >= 15 is 0 Å². The van der Waals surface area contributed by atoms with Crippen LogP contribution in [0.2, 0.25) is 0 Å². The van der Waals surface area contributed by atoms with Gasteiger partial charge in [-0.05, 0) is 120 Å². The number of benzene rings is 5. The number of carbonyl (C=O) groups excluding carboxylic acids is 1. The molecule has 2 aliphatic carbocycles. The first kappa shape index (κ1) is 45.7. The Bertz CT molecular complexity index is 2680. The number of Topliss-reactive ketones (excluding diaryl/α,β-unsaturated/α-hetero) is 1. The molecule has 2 fully saturated rings. The highest BCUT2D eigenvalue weighted by Crippen LogP contribution is 2.64. The minimum atomic E-state index is -3.76. The fourth-order valence-electron chi connectivity index (χ4n) is 8.98. The average Bonchev–Trinajstić information content (AvgIpc) is 3.57. The lowest BCUT2D eigenvalue weighted by Crippen LogP contribution is -2.43. The van der Waals surface area contributed by atoms with Crippen molar-refractivity contribution in [2.45, 2.75) is 83.5 Å². The van der Waals surface area contributed by atoms with Crippen molar-refractivity contribution >= 4 is 49.1 Å². The van der Waals surface area contributed by atoms with E-state index in [0.29, 0.717) is 66.9 Å². The number of hydrogen-bond donors (Lipinski definition) is 4. The Hall–Kier alpha value is -5.79. The molecular weight excluding hydrogens is 825 g/mol. The van der Waals surface area contributed by atoms with Crippen molar-refractivity contribution in [3.63, 3.8) is 0 Å². The summed E-state index contributed by atoms with van der Waals surface area (Å²) in [6, 6.07) is 34.9. The smallest absolute Gasteiger partial charge is 0.335 e. The third-order valence-electron chi connectivity index (χ3n) is 12.8. The number of rotatable bonds is 16. The molecule has 7 rings (SSSR count). The maximum atomic E-state index is 13.2. The van der Waals surface area contributed by atoms with Gasteiger partial charge in [-0.15, -0.1) is 0 Å². The van der Waals surface area contributed by atoms with Gasteiger partial charge in [-0.2, -0.15) is 0 Å². The third kappa shape index (κ3) is 10.1. The maximum Gasteiger partial charge on any atom is 0.335 e. The van der Waals surface area contributed by atoms with Crippen LogP contribution in [-0.4, -0.2) is 50.5 Å². The highest BCUT2D eigenvalue weighted by molar-refractivity contribution is 7.93. The quantitative estimate of drug-likeness (QED) is 0.0750. The Balaban J connectivity index is 0.000000207. The number of hydrogen-bond acceptors (Lipinski definition) is 7. The zero-order valence-electron chi connectivity index (χ0n) is 35.4. The second-order valence-electron chi connectivity index (χ2n) is 17.1. The number of ketones is 1. The second kappa shape index (κ2) is 18.7. The molecule has 4 N–H and O–H groups in total. The summed E-state index contributed by atoms with van der Waals surface area (Å²) in [7, 11) is -7.48. The van der Waals surface area contributed by atoms with Crippen molar-refractivity contribution in [2.75, 3.05) is 15.2 Å². The molecule has 11 nitrogen and oxygen atoms in total. The number of carboxylic acid groups (broad SMARTS) is 2. The third-order valence-corrected chi connectivity index (χ3v) is 15.6. The van der Waals surface area contributed by atoms with Gasteiger partial charge in [-0.1, -0.05) is 113 Å². The van der Waals surface area contributed by atoms with Gasteiger partial charge in [0, 0.05) is 6.42 Å². The molecule has 2 aliphatic rings. The van der Waals surface area contributed by atoms with Crippen LogP contribution in [0.3, 0.4) is 0 Å². The van der Waals surface area contributed by atoms with Crippen LogP contribution < -0.4 is 9.44 Å². The normalized spacial score (nSPS) is 17.9. The summed E-state index contributed by atoms with van der Waals surface area (Å²) in [5, 5.41) is 18.8. The molecule has 5 aromatic rings. The molecule has 62 heavy (non-hydrogen) atoms. The lowest BCUT2D eigenvalue weighted by molar-refractivity contribution is -0.128. The standard InChI is InChI=1S/C25H29NO5S.C24H25NO4S/c1-24(2)19-13-14-25(24,22(27)15-19)16-32(30,31)26-21-10-6-4-8-18(21)12-11-17-7-3-5-9-20(17)23(28)29;1-17(2)18-13-15-21(16-14-18)30(28,29)25-23-10-6-4-8-20(23)12-11-19-7-3-5-9-22(19)24(26)27/h3-10,19,26H,11-16H2,1-2H3,(H,28,29);3-10,13-17,25H,11-12H2,1-2H3,(H,26,27). The molecule has 0 aromatic heterocycles. The largest absolute Gasteiger partial charge is 0.478 e. The summed E-state index contributed by atoms with van der Waals surface area (Å²) < 4.78 is 57.5. The second-order valence-corrected chi connectivity index (χ2v) is 20.5. The van der Waals surface area contributed by atoms with Gasteiger partial charge in [0.2, 0.25) is 10.0 Å². The Kier molecular flexibility index (Phi) is 13.8. The summed E-state index contributed by atoms with van der Waals surface area (Å²) in [4.78, 5) is 35.9. The van der Waals surface area contributed by atoms with Gasteiger partial charge in [-0.25, -0.2) is 26.4 Å². The maximum absolute atomic E-state index is 13.2. The molecule has 2 atom stereocenters. The van der Waals surface area contributed by atoms with E-state index in [4.69, 9.17) is 0 Å². The zero-order chi connectivity index (χ0) is 44.9. The lowest BCUT2D eigenvalue weighted by atomic mass is 9.70. The van der Waals surface area contributed by atoms with Crippen LogP contribution in [0.4, 0.5) is 11.4 Å². The number of aryl methyl sites for hydroxylation is 4. The molecule has 5 aromatic carbocycles. The minimum absolute atomic E-state index is 0.0719. The van der Waals surface area contributed by atoms with Crippen LogP contribution in [-0.2, 0) is 50.5 Å².